The molecule has 1 aliphatic rings. The number of rotatable bonds is 5. The lowest BCUT2D eigenvalue weighted by Crippen LogP contribution is -2.42. The van der Waals surface area contributed by atoms with Crippen molar-refractivity contribution in [3.63, 3.8) is 0 Å². The highest BCUT2D eigenvalue weighted by Crippen LogP contribution is 2.30. The fourth-order valence-corrected chi connectivity index (χ4v) is 2.15. The van der Waals surface area contributed by atoms with Gasteiger partial charge in [0.15, 0.2) is 17.8 Å². The predicted molar refractivity (Wildman–Crippen MR) is 77.5 cm³/mol. The van der Waals surface area contributed by atoms with Crippen LogP contribution < -0.4 is 4.74 Å². The molecule has 2 N–H and O–H groups in total. The highest BCUT2D eigenvalue weighted by atomic mass is 16.5. The lowest BCUT2D eigenvalue weighted by molar-refractivity contribution is -0.0355. The second kappa shape index (κ2) is 7.21. The first-order valence-electron chi connectivity index (χ1n) is 6.70. The fraction of sp³-hybridized carbons (Fsp3) is 0.400. The molecule has 1 heterocycles. The third kappa shape index (κ3) is 3.81. The molecule has 6 nitrogen and oxygen atoms in total. The van der Waals surface area contributed by atoms with E-state index in [-0.39, 0.29) is 17.1 Å². The van der Waals surface area contributed by atoms with Gasteiger partial charge in [-0.3, -0.25) is 9.69 Å². The normalized spacial score (nSPS) is 17.8. The Hall–Kier alpha value is -1.89. The largest absolute Gasteiger partial charge is 0.504 e. The van der Waals surface area contributed by atoms with Gasteiger partial charge in [-0.25, -0.2) is 0 Å². The molecule has 0 radical (unpaired) electrons. The number of phenols is 1. The van der Waals surface area contributed by atoms with Crippen LogP contribution in [-0.2, 0) is 4.74 Å². The Morgan fingerprint density at radius 2 is 2.10 bits per heavy atom. The first kappa shape index (κ1) is 15.5. The van der Waals surface area contributed by atoms with Crippen molar-refractivity contribution in [1.29, 1.82) is 0 Å². The monoisotopic (exact) mass is 293 g/mol. The second-order valence-corrected chi connectivity index (χ2v) is 4.70. The molecule has 0 aliphatic carbocycles. The van der Waals surface area contributed by atoms with Crippen molar-refractivity contribution < 1.29 is 24.5 Å². The zero-order valence-corrected chi connectivity index (χ0v) is 11.9. The third-order valence-electron chi connectivity index (χ3n) is 3.35. The summed E-state index contributed by atoms with van der Waals surface area (Å²) in [6.07, 6.45) is 3.17. The molecule has 0 spiro atoms. The SMILES string of the molecule is COc1cc(/C=C/C(O)N2CCOCC2)cc(C=O)c1O. The molecule has 1 unspecified atom stereocenters. The first-order chi connectivity index (χ1) is 10.2. The molecular formula is C15H19NO5. The Labute approximate surface area is 123 Å². The van der Waals surface area contributed by atoms with Crippen molar-refractivity contribution in [1.82, 2.24) is 4.90 Å². The van der Waals surface area contributed by atoms with Gasteiger partial charge < -0.3 is 19.7 Å². The molecule has 21 heavy (non-hydrogen) atoms. The minimum absolute atomic E-state index is 0.148. The van der Waals surface area contributed by atoms with E-state index in [1.54, 1.807) is 18.2 Å². The first-order valence-corrected chi connectivity index (χ1v) is 6.70. The van der Waals surface area contributed by atoms with Crippen molar-refractivity contribution in [3.8, 4) is 11.5 Å². The number of hydrogen-bond donors (Lipinski definition) is 2. The minimum Gasteiger partial charge on any atom is -0.504 e. The zero-order chi connectivity index (χ0) is 15.2. The van der Waals surface area contributed by atoms with E-state index in [1.807, 2.05) is 4.90 Å². The number of phenolic OH excluding ortho intramolecular Hbond substituents is 1. The van der Waals surface area contributed by atoms with Crippen LogP contribution in [0, 0.1) is 0 Å². The molecule has 0 saturated carbocycles. The molecule has 0 amide bonds. The topological polar surface area (TPSA) is 79.2 Å². The lowest BCUT2D eigenvalue weighted by Gasteiger charge is -2.29. The van der Waals surface area contributed by atoms with Gasteiger partial charge in [0.1, 0.15) is 6.23 Å². The van der Waals surface area contributed by atoms with Crippen molar-refractivity contribution in [2.75, 3.05) is 33.4 Å². The van der Waals surface area contributed by atoms with E-state index in [1.165, 1.54) is 13.2 Å². The maximum atomic E-state index is 10.9. The smallest absolute Gasteiger partial charge is 0.168 e. The van der Waals surface area contributed by atoms with E-state index in [2.05, 4.69) is 0 Å². The van der Waals surface area contributed by atoms with E-state index in [0.29, 0.717) is 38.2 Å². The number of aliphatic hydroxyl groups is 1. The summed E-state index contributed by atoms with van der Waals surface area (Å²) in [7, 11) is 1.42. The van der Waals surface area contributed by atoms with Crippen LogP contribution >= 0.6 is 0 Å². The molecule has 1 fully saturated rings. The van der Waals surface area contributed by atoms with E-state index in [9.17, 15) is 15.0 Å². The number of ether oxygens (including phenoxy) is 2. The van der Waals surface area contributed by atoms with Crippen molar-refractivity contribution in [2.45, 2.75) is 6.23 Å². The van der Waals surface area contributed by atoms with Gasteiger partial charge in [0, 0.05) is 13.1 Å². The van der Waals surface area contributed by atoms with Gasteiger partial charge in [-0.05, 0) is 23.8 Å². The number of carbonyl (C=O) groups is 1. The number of nitrogens with zero attached hydrogens (tertiary/aromatic N) is 1. The molecular weight excluding hydrogens is 274 g/mol. The van der Waals surface area contributed by atoms with E-state index >= 15 is 0 Å². The summed E-state index contributed by atoms with van der Waals surface area (Å²) in [4.78, 5) is 12.8. The average Bonchev–Trinajstić information content (AvgIpc) is 2.54. The molecule has 1 aromatic rings. The van der Waals surface area contributed by atoms with Gasteiger partial charge in [-0.2, -0.15) is 0 Å². The summed E-state index contributed by atoms with van der Waals surface area (Å²) >= 11 is 0. The summed E-state index contributed by atoms with van der Waals surface area (Å²) in [5.41, 5.74) is 0.814. The number of hydrogen-bond acceptors (Lipinski definition) is 6. The van der Waals surface area contributed by atoms with Crippen molar-refractivity contribution >= 4 is 12.4 Å². The Bertz CT molecular complexity index is 523. The number of morpholine rings is 1. The van der Waals surface area contributed by atoms with Gasteiger partial charge in [-0.1, -0.05) is 6.08 Å². The molecule has 0 aromatic heterocycles. The Balaban J connectivity index is 2.14. The fourth-order valence-electron chi connectivity index (χ4n) is 2.15. The molecule has 1 aromatic carbocycles. The van der Waals surface area contributed by atoms with E-state index in [4.69, 9.17) is 9.47 Å². The number of benzene rings is 1. The maximum Gasteiger partial charge on any atom is 0.168 e. The van der Waals surface area contributed by atoms with Crippen LogP contribution in [0.3, 0.4) is 0 Å². The summed E-state index contributed by atoms with van der Waals surface area (Å²) in [6.45, 7) is 2.55. The van der Waals surface area contributed by atoms with E-state index in [0.717, 1.165) is 0 Å². The summed E-state index contributed by atoms with van der Waals surface area (Å²) in [5, 5.41) is 19.8. The van der Waals surface area contributed by atoms with Gasteiger partial charge in [0.25, 0.3) is 0 Å². The molecule has 1 aliphatic heterocycles. The Morgan fingerprint density at radius 1 is 1.38 bits per heavy atom. The maximum absolute atomic E-state index is 10.9. The Morgan fingerprint density at radius 3 is 2.71 bits per heavy atom. The van der Waals surface area contributed by atoms with Crippen LogP contribution in [0.2, 0.25) is 0 Å². The van der Waals surface area contributed by atoms with Crippen LogP contribution in [0.4, 0.5) is 0 Å². The highest BCUT2D eigenvalue weighted by Gasteiger charge is 2.16. The second-order valence-electron chi connectivity index (χ2n) is 4.70. The quantitative estimate of drug-likeness (QED) is 0.785. The average molecular weight is 293 g/mol. The number of aromatic hydroxyl groups is 1. The standard InChI is InChI=1S/C15H19NO5/c1-20-13-9-11(8-12(10-17)15(13)19)2-3-14(18)16-4-6-21-7-5-16/h2-3,8-10,14,18-19H,4-7H2,1H3/b3-2+. The number of methoxy groups -OCH3 is 1. The van der Waals surface area contributed by atoms with Crippen LogP contribution in [0.25, 0.3) is 6.08 Å². The third-order valence-corrected chi connectivity index (χ3v) is 3.35. The van der Waals surface area contributed by atoms with Crippen molar-refractivity contribution in [3.05, 3.63) is 29.3 Å². The molecule has 6 heteroatoms. The Kier molecular flexibility index (Phi) is 5.32. The molecule has 2 rings (SSSR count). The van der Waals surface area contributed by atoms with Gasteiger partial charge in [0.05, 0.1) is 25.9 Å². The minimum atomic E-state index is -0.714. The summed E-state index contributed by atoms with van der Waals surface area (Å²) in [6, 6.07) is 3.14. The van der Waals surface area contributed by atoms with E-state index < -0.39 is 6.23 Å². The summed E-state index contributed by atoms with van der Waals surface area (Å²) < 4.78 is 10.2. The van der Waals surface area contributed by atoms with Gasteiger partial charge in [-0.15, -0.1) is 0 Å². The van der Waals surface area contributed by atoms with Crippen LogP contribution in [0.15, 0.2) is 18.2 Å². The lowest BCUT2D eigenvalue weighted by atomic mass is 10.1. The van der Waals surface area contributed by atoms with Crippen LogP contribution in [0.1, 0.15) is 15.9 Å². The molecule has 1 saturated heterocycles. The summed E-state index contributed by atoms with van der Waals surface area (Å²) in [5.74, 6) is 0.0403. The highest BCUT2D eigenvalue weighted by molar-refractivity contribution is 5.82. The zero-order valence-electron chi connectivity index (χ0n) is 11.9. The van der Waals surface area contributed by atoms with Crippen LogP contribution in [-0.4, -0.2) is 61.0 Å². The molecule has 114 valence electrons. The molecule has 0 bridgehead atoms. The van der Waals surface area contributed by atoms with Crippen molar-refractivity contribution in [2.24, 2.45) is 0 Å². The predicted octanol–water partition coefficient (Wildman–Crippen LogP) is 0.877. The number of aliphatic hydroxyl groups excluding tert-OH is 1. The number of aldehydes is 1. The van der Waals surface area contributed by atoms with Crippen LogP contribution in [0.5, 0.6) is 11.5 Å². The number of carbonyl (C=O) groups excluding carboxylic acids is 1. The van der Waals surface area contributed by atoms with Gasteiger partial charge in [0.2, 0.25) is 0 Å². The molecule has 1 atom stereocenters. The van der Waals surface area contributed by atoms with Gasteiger partial charge >= 0.3 is 0 Å².